The molecule has 10 heteroatoms. The second-order valence-corrected chi connectivity index (χ2v) is 7.77. The second kappa shape index (κ2) is 7.46. The van der Waals surface area contributed by atoms with E-state index in [2.05, 4.69) is 0 Å². The Morgan fingerprint density at radius 1 is 0.935 bits per heavy atom. The van der Waals surface area contributed by atoms with Crippen LogP contribution < -0.4 is 0 Å². The van der Waals surface area contributed by atoms with Gasteiger partial charge in [-0.05, 0) is 48.4 Å². The Kier molecular flexibility index (Phi) is 5.30. The molecule has 3 nitrogen and oxygen atoms in total. The molecule has 2 fully saturated rings. The molecule has 2 saturated heterocycles. The third-order valence-corrected chi connectivity index (χ3v) is 5.83. The fraction of sp³-hybridized carbons (Fsp3) is 0.429. The largest absolute Gasteiger partial charge is 0.416 e. The monoisotopic (exact) mass is 449 g/mol. The van der Waals surface area contributed by atoms with E-state index in [1.807, 2.05) is 4.90 Å². The molecule has 0 spiro atoms. The highest BCUT2D eigenvalue weighted by molar-refractivity contribution is 5.36. The number of ether oxygens (including phenoxy) is 2. The first kappa shape index (κ1) is 22.0. The van der Waals surface area contributed by atoms with Crippen molar-refractivity contribution >= 4 is 0 Å². The van der Waals surface area contributed by atoms with E-state index in [0.717, 1.165) is 0 Å². The van der Waals surface area contributed by atoms with Gasteiger partial charge in [0.2, 0.25) is 0 Å². The van der Waals surface area contributed by atoms with E-state index in [1.165, 1.54) is 12.1 Å². The highest BCUT2D eigenvalue weighted by atomic mass is 19.4. The van der Waals surface area contributed by atoms with Gasteiger partial charge in [-0.3, -0.25) is 4.90 Å². The van der Waals surface area contributed by atoms with Crippen molar-refractivity contribution < 1.29 is 40.2 Å². The summed E-state index contributed by atoms with van der Waals surface area (Å²) in [7, 11) is 0. The zero-order valence-corrected chi connectivity index (χ0v) is 16.2. The first-order valence-corrected chi connectivity index (χ1v) is 9.46. The van der Waals surface area contributed by atoms with Crippen LogP contribution in [0.5, 0.6) is 0 Å². The number of benzene rings is 2. The van der Waals surface area contributed by atoms with Gasteiger partial charge in [-0.25, -0.2) is 4.39 Å². The molecule has 0 aromatic heterocycles. The van der Waals surface area contributed by atoms with Crippen molar-refractivity contribution in [3.63, 3.8) is 0 Å². The predicted molar refractivity (Wildman–Crippen MR) is 95.3 cm³/mol. The van der Waals surface area contributed by atoms with E-state index < -0.39 is 47.2 Å². The zero-order chi connectivity index (χ0) is 22.6. The summed E-state index contributed by atoms with van der Waals surface area (Å²) in [5.41, 5.74) is -3.24. The van der Waals surface area contributed by atoms with Crippen molar-refractivity contribution in [3.05, 3.63) is 70.5 Å². The highest BCUT2D eigenvalue weighted by Gasteiger charge is 2.51. The lowest BCUT2D eigenvalue weighted by Gasteiger charge is -2.55. The molecule has 4 atom stereocenters. The van der Waals surface area contributed by atoms with Crippen molar-refractivity contribution in [3.8, 4) is 0 Å². The molecule has 0 saturated carbocycles. The fourth-order valence-corrected chi connectivity index (χ4v) is 4.11. The molecule has 2 unspecified atom stereocenters. The predicted octanol–water partition coefficient (Wildman–Crippen LogP) is 5.51. The first-order valence-electron chi connectivity index (χ1n) is 9.46. The maximum absolute atomic E-state index is 13.4. The van der Waals surface area contributed by atoms with Crippen LogP contribution in [0.3, 0.4) is 0 Å². The maximum atomic E-state index is 13.4. The Labute approximate surface area is 173 Å². The standard InChI is InChI=1S/C21H18F7NO2/c1-19(13-2-4-16(22)5-3-13)18-30-7-6-29(19)11-17(31-18)12-8-14(20(23,24)25)10-15(9-12)21(26,27)28/h2-5,8-10,17-18H,6-7,11H2,1H3/t17?,18-,19-/m1/s1. The molecule has 0 N–H and O–H groups in total. The Morgan fingerprint density at radius 3 is 2.03 bits per heavy atom. The summed E-state index contributed by atoms with van der Waals surface area (Å²) in [5.74, 6) is -0.438. The highest BCUT2D eigenvalue weighted by Crippen LogP contribution is 2.45. The number of fused-ring (bicyclic) bond motifs is 2. The summed E-state index contributed by atoms with van der Waals surface area (Å²) in [6.07, 6.45) is -11.9. The lowest BCUT2D eigenvalue weighted by atomic mass is 9.85. The molecule has 2 heterocycles. The van der Waals surface area contributed by atoms with Gasteiger partial charge in [-0.2, -0.15) is 26.3 Å². The molecular formula is C21H18F7NO2. The van der Waals surface area contributed by atoms with Crippen LogP contribution in [-0.4, -0.2) is 30.9 Å². The Hall–Kier alpha value is -2.17. The summed E-state index contributed by atoms with van der Waals surface area (Å²) in [6, 6.07) is 7.10. The van der Waals surface area contributed by atoms with Gasteiger partial charge in [0.1, 0.15) is 5.82 Å². The van der Waals surface area contributed by atoms with E-state index in [0.29, 0.717) is 24.2 Å². The summed E-state index contributed by atoms with van der Waals surface area (Å²) in [4.78, 5) is 1.89. The van der Waals surface area contributed by atoms with E-state index in [4.69, 9.17) is 9.47 Å². The van der Waals surface area contributed by atoms with Crippen LogP contribution >= 0.6 is 0 Å². The molecule has 168 valence electrons. The van der Waals surface area contributed by atoms with Crippen molar-refractivity contribution in [2.24, 2.45) is 0 Å². The Morgan fingerprint density at radius 2 is 1.52 bits per heavy atom. The minimum atomic E-state index is -4.94. The third kappa shape index (κ3) is 4.04. The van der Waals surface area contributed by atoms with Crippen LogP contribution in [0.25, 0.3) is 0 Å². The number of hydrogen-bond acceptors (Lipinski definition) is 3. The Balaban J connectivity index is 1.72. The minimum absolute atomic E-state index is 0.0480. The molecule has 2 bridgehead atoms. The van der Waals surface area contributed by atoms with Gasteiger partial charge in [-0.15, -0.1) is 0 Å². The van der Waals surface area contributed by atoms with Gasteiger partial charge < -0.3 is 9.47 Å². The van der Waals surface area contributed by atoms with Crippen LogP contribution in [0.4, 0.5) is 30.7 Å². The van der Waals surface area contributed by atoms with Crippen molar-refractivity contribution in [2.75, 3.05) is 19.7 Å². The molecule has 31 heavy (non-hydrogen) atoms. The van der Waals surface area contributed by atoms with Gasteiger partial charge in [0.05, 0.1) is 29.4 Å². The van der Waals surface area contributed by atoms with Gasteiger partial charge in [-0.1, -0.05) is 12.1 Å². The molecule has 2 aliphatic heterocycles. The number of alkyl halides is 6. The number of morpholine rings is 2. The minimum Gasteiger partial charge on any atom is -0.349 e. The average Bonchev–Trinajstić information content (AvgIpc) is 2.66. The summed E-state index contributed by atoms with van der Waals surface area (Å²) >= 11 is 0. The molecule has 2 aromatic rings. The average molecular weight is 449 g/mol. The van der Waals surface area contributed by atoms with Crippen LogP contribution in [0.1, 0.15) is 35.3 Å². The Bertz CT molecular complexity index is 909. The molecule has 0 aliphatic carbocycles. The van der Waals surface area contributed by atoms with Crippen LogP contribution in [-0.2, 0) is 27.4 Å². The van der Waals surface area contributed by atoms with Crippen LogP contribution in [0, 0.1) is 5.82 Å². The topological polar surface area (TPSA) is 21.7 Å². The second-order valence-electron chi connectivity index (χ2n) is 7.77. The molecule has 2 aromatic carbocycles. The molecule has 0 radical (unpaired) electrons. The van der Waals surface area contributed by atoms with Crippen molar-refractivity contribution in [1.82, 2.24) is 4.90 Å². The van der Waals surface area contributed by atoms with Gasteiger partial charge >= 0.3 is 12.4 Å². The fourth-order valence-electron chi connectivity index (χ4n) is 4.11. The van der Waals surface area contributed by atoms with E-state index in [-0.39, 0.29) is 24.8 Å². The van der Waals surface area contributed by atoms with E-state index in [1.54, 1.807) is 19.1 Å². The lowest BCUT2D eigenvalue weighted by molar-refractivity contribution is -0.304. The summed E-state index contributed by atoms with van der Waals surface area (Å²) in [5, 5.41) is 0. The molecule has 2 aliphatic rings. The van der Waals surface area contributed by atoms with Gasteiger partial charge in [0.25, 0.3) is 0 Å². The van der Waals surface area contributed by atoms with Crippen molar-refractivity contribution in [1.29, 1.82) is 0 Å². The summed E-state index contributed by atoms with van der Waals surface area (Å²) < 4.78 is 104. The van der Waals surface area contributed by atoms with Gasteiger partial charge in [0.15, 0.2) is 6.29 Å². The SMILES string of the molecule is C[C@@]1(c2ccc(F)cc2)[C@@H]2OCCN1CC(c1cc(C(F)(F)F)cc(C(F)(F)F)c1)O2. The molecule has 4 rings (SSSR count). The van der Waals surface area contributed by atoms with Crippen LogP contribution in [0.15, 0.2) is 42.5 Å². The van der Waals surface area contributed by atoms with E-state index in [9.17, 15) is 30.7 Å². The maximum Gasteiger partial charge on any atom is 0.416 e. The lowest BCUT2D eigenvalue weighted by Crippen LogP contribution is -2.63. The number of nitrogens with zero attached hydrogens (tertiary/aromatic N) is 1. The number of rotatable bonds is 2. The summed E-state index contributed by atoms with van der Waals surface area (Å²) in [6.45, 7) is 2.50. The smallest absolute Gasteiger partial charge is 0.349 e. The first-order chi connectivity index (χ1) is 14.4. The third-order valence-electron chi connectivity index (χ3n) is 5.83. The molecular weight excluding hydrogens is 431 g/mol. The van der Waals surface area contributed by atoms with Gasteiger partial charge in [0, 0.05) is 13.1 Å². The number of halogens is 7. The molecule has 0 amide bonds. The van der Waals surface area contributed by atoms with E-state index >= 15 is 0 Å². The van der Waals surface area contributed by atoms with Crippen molar-refractivity contribution in [2.45, 2.75) is 37.2 Å². The number of hydrogen-bond donors (Lipinski definition) is 0. The quantitative estimate of drug-likeness (QED) is 0.565. The zero-order valence-electron chi connectivity index (χ0n) is 16.2. The van der Waals surface area contributed by atoms with Crippen LogP contribution in [0.2, 0.25) is 0 Å². The normalized spacial score (nSPS) is 29.1.